The smallest absolute Gasteiger partial charge is 0.408 e. The van der Waals surface area contributed by atoms with E-state index in [1.165, 1.54) is 23.3 Å². The number of carbonyl (C=O) groups excluding carboxylic acids is 2. The van der Waals surface area contributed by atoms with E-state index in [9.17, 15) is 14.0 Å². The molecule has 0 spiro atoms. The molecule has 0 radical (unpaired) electrons. The zero-order valence-electron chi connectivity index (χ0n) is 26.8. The fraction of sp³-hybridized carbons (Fsp3) is 0.333. The van der Waals surface area contributed by atoms with Crippen molar-refractivity contribution in [1.82, 2.24) is 15.3 Å². The Morgan fingerprint density at radius 1 is 1.00 bits per heavy atom. The number of halogens is 1. The van der Waals surface area contributed by atoms with Crippen LogP contribution < -0.4 is 15.5 Å². The van der Waals surface area contributed by atoms with Crippen LogP contribution in [0.2, 0.25) is 0 Å². The average molecular weight is 626 g/mol. The molecule has 0 aliphatic carbocycles. The maximum absolute atomic E-state index is 13.6. The van der Waals surface area contributed by atoms with Gasteiger partial charge in [0.2, 0.25) is 5.95 Å². The van der Waals surface area contributed by atoms with Crippen LogP contribution >= 0.6 is 0 Å². The number of nitrogens with one attached hydrogen (secondary N) is 2. The standard InChI is InChI=1S/C36H40FN5O4/c1-23-31(22-45-33(43)30(21-25-11-7-6-8-12-25)40-35(44)46-36(3,4)5)39-34(38-28-17-15-27(37)16-18-28)41-32(23)42-20-19-26-13-9-10-14-29(26)24(42)2/h6-18,24,30H,19-22H2,1-5H3,(H,40,44)(H,38,39,41)/t24?,30-/m0/s1. The molecular formula is C36H40FN5O4. The summed E-state index contributed by atoms with van der Waals surface area (Å²) in [5.74, 6) is 0.0227. The second kappa shape index (κ2) is 14.0. The van der Waals surface area contributed by atoms with Gasteiger partial charge in [-0.2, -0.15) is 4.98 Å². The number of anilines is 3. The van der Waals surface area contributed by atoms with E-state index in [2.05, 4.69) is 40.7 Å². The number of ether oxygens (including phenoxy) is 2. The largest absolute Gasteiger partial charge is 0.458 e. The molecule has 0 bridgehead atoms. The lowest BCUT2D eigenvalue weighted by molar-refractivity contribution is -0.147. The topological polar surface area (TPSA) is 106 Å². The number of esters is 1. The minimum atomic E-state index is -0.991. The fourth-order valence-electron chi connectivity index (χ4n) is 5.48. The zero-order chi connectivity index (χ0) is 32.8. The van der Waals surface area contributed by atoms with Crippen molar-refractivity contribution in [2.45, 2.75) is 71.8 Å². The second-order valence-corrected chi connectivity index (χ2v) is 12.4. The summed E-state index contributed by atoms with van der Waals surface area (Å²) in [5.41, 5.74) is 4.53. The molecule has 4 aromatic rings. The first-order valence-electron chi connectivity index (χ1n) is 15.4. The summed E-state index contributed by atoms with van der Waals surface area (Å²) >= 11 is 0. The van der Waals surface area contributed by atoms with Crippen molar-refractivity contribution in [2.75, 3.05) is 16.8 Å². The van der Waals surface area contributed by atoms with Crippen LogP contribution in [0.15, 0.2) is 78.9 Å². The van der Waals surface area contributed by atoms with Crippen molar-refractivity contribution in [2.24, 2.45) is 0 Å². The first kappa shape index (κ1) is 32.4. The van der Waals surface area contributed by atoms with Crippen LogP contribution in [0, 0.1) is 12.7 Å². The number of amides is 1. The van der Waals surface area contributed by atoms with Crippen molar-refractivity contribution in [1.29, 1.82) is 0 Å². The Bertz CT molecular complexity index is 1670. The Morgan fingerprint density at radius 3 is 2.41 bits per heavy atom. The number of fused-ring (bicyclic) bond motifs is 1. The molecule has 2 atom stereocenters. The SMILES string of the molecule is Cc1c(COC(=O)[C@H](Cc2ccccc2)NC(=O)OC(C)(C)C)nc(Nc2ccc(F)cc2)nc1N1CCc2ccccc2C1C. The Labute approximate surface area is 269 Å². The number of benzene rings is 3. The molecule has 10 heteroatoms. The lowest BCUT2D eigenvalue weighted by atomic mass is 9.93. The van der Waals surface area contributed by atoms with Crippen molar-refractivity contribution in [3.63, 3.8) is 0 Å². The molecule has 240 valence electrons. The number of hydrogen-bond donors (Lipinski definition) is 2. The highest BCUT2D eigenvalue weighted by atomic mass is 19.1. The predicted octanol–water partition coefficient (Wildman–Crippen LogP) is 6.97. The van der Waals surface area contributed by atoms with Gasteiger partial charge in [-0.05, 0) is 82.0 Å². The van der Waals surface area contributed by atoms with Gasteiger partial charge in [0.1, 0.15) is 29.9 Å². The summed E-state index contributed by atoms with van der Waals surface area (Å²) in [5, 5.41) is 5.85. The molecular weight excluding hydrogens is 585 g/mol. The Balaban J connectivity index is 1.42. The third-order valence-corrected chi connectivity index (χ3v) is 7.80. The quantitative estimate of drug-likeness (QED) is 0.192. The first-order chi connectivity index (χ1) is 22.0. The summed E-state index contributed by atoms with van der Waals surface area (Å²) in [4.78, 5) is 38.0. The monoisotopic (exact) mass is 625 g/mol. The van der Waals surface area contributed by atoms with Gasteiger partial charge in [0.05, 0.1) is 11.7 Å². The number of nitrogens with zero attached hydrogens (tertiary/aromatic N) is 3. The maximum atomic E-state index is 13.6. The summed E-state index contributed by atoms with van der Waals surface area (Å²) in [7, 11) is 0. The summed E-state index contributed by atoms with van der Waals surface area (Å²) in [6.07, 6.45) is 0.359. The fourth-order valence-corrected chi connectivity index (χ4v) is 5.48. The summed E-state index contributed by atoms with van der Waals surface area (Å²) in [6.45, 7) is 9.91. The van der Waals surface area contributed by atoms with E-state index >= 15 is 0 Å². The normalized spacial score (nSPS) is 15.0. The molecule has 0 saturated carbocycles. The molecule has 1 aromatic heterocycles. The molecule has 0 saturated heterocycles. The van der Waals surface area contributed by atoms with Gasteiger partial charge in [0.25, 0.3) is 0 Å². The maximum Gasteiger partial charge on any atom is 0.408 e. The Hall–Kier alpha value is -4.99. The van der Waals surface area contributed by atoms with E-state index in [-0.39, 0.29) is 30.8 Å². The van der Waals surface area contributed by atoms with Crippen molar-refractivity contribution < 1.29 is 23.5 Å². The molecule has 1 aliphatic heterocycles. The molecule has 1 amide bonds. The van der Waals surface area contributed by atoms with Crippen LogP contribution in [0.4, 0.5) is 26.6 Å². The minimum absolute atomic E-state index is 0.0425. The van der Waals surface area contributed by atoms with Gasteiger partial charge in [0, 0.05) is 24.2 Å². The van der Waals surface area contributed by atoms with E-state index in [1.54, 1.807) is 32.9 Å². The molecule has 9 nitrogen and oxygen atoms in total. The van der Waals surface area contributed by atoms with Crippen LogP contribution in [0.1, 0.15) is 61.7 Å². The van der Waals surface area contributed by atoms with Gasteiger partial charge in [-0.3, -0.25) is 0 Å². The van der Waals surface area contributed by atoms with Gasteiger partial charge in [-0.25, -0.2) is 19.0 Å². The third-order valence-electron chi connectivity index (χ3n) is 7.80. The third kappa shape index (κ3) is 8.18. The molecule has 1 unspecified atom stereocenters. The molecule has 2 heterocycles. The Kier molecular flexibility index (Phi) is 9.84. The van der Waals surface area contributed by atoms with Crippen LogP contribution in [0.5, 0.6) is 0 Å². The predicted molar refractivity (Wildman–Crippen MR) is 175 cm³/mol. The molecule has 2 N–H and O–H groups in total. The second-order valence-electron chi connectivity index (χ2n) is 12.4. The summed E-state index contributed by atoms with van der Waals surface area (Å²) < 4.78 is 24.8. The lowest BCUT2D eigenvalue weighted by Crippen LogP contribution is -2.45. The van der Waals surface area contributed by atoms with Crippen LogP contribution in [-0.4, -0.2) is 40.2 Å². The molecule has 5 rings (SSSR count). The number of carbonyl (C=O) groups is 2. The van der Waals surface area contributed by atoms with E-state index in [0.717, 1.165) is 24.1 Å². The van der Waals surface area contributed by atoms with Gasteiger partial charge >= 0.3 is 12.1 Å². The van der Waals surface area contributed by atoms with Crippen LogP contribution in [0.3, 0.4) is 0 Å². The van der Waals surface area contributed by atoms with E-state index in [0.29, 0.717) is 17.2 Å². The summed E-state index contributed by atoms with van der Waals surface area (Å²) in [6, 6.07) is 22.7. The van der Waals surface area contributed by atoms with Gasteiger partial charge in [-0.1, -0.05) is 54.6 Å². The number of rotatable bonds is 9. The molecule has 0 fully saturated rings. The van der Waals surface area contributed by atoms with Gasteiger partial charge < -0.3 is 25.0 Å². The highest BCUT2D eigenvalue weighted by molar-refractivity contribution is 5.82. The number of alkyl carbamates (subject to hydrolysis) is 1. The van der Waals surface area contributed by atoms with Crippen molar-refractivity contribution in [3.05, 3.63) is 113 Å². The minimum Gasteiger partial charge on any atom is -0.458 e. The number of hydrogen-bond acceptors (Lipinski definition) is 8. The van der Waals surface area contributed by atoms with Crippen molar-refractivity contribution in [3.8, 4) is 0 Å². The van der Waals surface area contributed by atoms with Crippen molar-refractivity contribution >= 4 is 29.5 Å². The highest BCUT2D eigenvalue weighted by Gasteiger charge is 2.29. The van der Waals surface area contributed by atoms with Crippen LogP contribution in [-0.2, 0) is 33.7 Å². The zero-order valence-corrected chi connectivity index (χ0v) is 26.8. The molecule has 1 aliphatic rings. The van der Waals surface area contributed by atoms with Gasteiger partial charge in [0.15, 0.2) is 0 Å². The van der Waals surface area contributed by atoms with Gasteiger partial charge in [-0.15, -0.1) is 0 Å². The van der Waals surface area contributed by atoms with Crippen LogP contribution in [0.25, 0.3) is 0 Å². The lowest BCUT2D eigenvalue weighted by Gasteiger charge is -2.37. The van der Waals surface area contributed by atoms with E-state index < -0.39 is 23.7 Å². The number of aromatic nitrogens is 2. The highest BCUT2D eigenvalue weighted by Crippen LogP contribution is 2.35. The molecule has 46 heavy (non-hydrogen) atoms. The first-order valence-corrected chi connectivity index (χ1v) is 15.4. The van der Waals surface area contributed by atoms with E-state index in [1.807, 2.05) is 43.3 Å². The average Bonchev–Trinajstić information content (AvgIpc) is 3.02. The van der Waals surface area contributed by atoms with E-state index in [4.69, 9.17) is 19.4 Å². The molecule has 3 aromatic carbocycles. The Morgan fingerprint density at radius 2 is 1.70 bits per heavy atom.